The van der Waals surface area contributed by atoms with Crippen molar-refractivity contribution in [1.82, 2.24) is 10.2 Å². The molecule has 0 spiro atoms. The van der Waals surface area contributed by atoms with Crippen LogP contribution in [0.1, 0.15) is 5.89 Å². The second-order valence-electron chi connectivity index (χ2n) is 3.06. The summed E-state index contributed by atoms with van der Waals surface area (Å²) in [5, 5.41) is 17.2. The van der Waals surface area contributed by atoms with Gasteiger partial charge in [-0.15, -0.1) is 22.6 Å². The average molecular weight is 242 g/mol. The second-order valence-corrected chi connectivity index (χ2v) is 3.06. The summed E-state index contributed by atoms with van der Waals surface area (Å²) in [6.07, 6.45) is 0.542. The molecule has 1 heterocycles. The Labute approximate surface area is 98.7 Å². The Morgan fingerprint density at radius 1 is 1.25 bits per heavy atom. The molecule has 86 valence electrons. The molecule has 16 heavy (non-hydrogen) atoms. The van der Waals surface area contributed by atoms with E-state index in [4.69, 9.17) is 10.2 Å². The van der Waals surface area contributed by atoms with Crippen LogP contribution in [0.15, 0.2) is 28.7 Å². The molecule has 0 bridgehead atoms. The molecule has 0 unspecified atom stereocenters. The van der Waals surface area contributed by atoms with Crippen molar-refractivity contribution < 1.29 is 9.52 Å². The lowest BCUT2D eigenvalue weighted by Crippen LogP contribution is -2.02. The molecule has 0 aliphatic heterocycles. The van der Waals surface area contributed by atoms with Gasteiger partial charge >= 0.3 is 0 Å². The highest BCUT2D eigenvalue weighted by molar-refractivity contribution is 5.85. The molecular formula is C10H12ClN3O2. The first kappa shape index (κ1) is 12.5. The third-order valence-corrected chi connectivity index (χ3v) is 1.96. The predicted octanol–water partition coefficient (Wildman–Crippen LogP) is 1.37. The van der Waals surface area contributed by atoms with Crippen molar-refractivity contribution in [1.29, 1.82) is 0 Å². The number of nitrogens with zero attached hydrogens (tertiary/aromatic N) is 2. The molecule has 0 saturated heterocycles. The minimum Gasteiger partial charge on any atom is -0.507 e. The zero-order chi connectivity index (χ0) is 10.7. The minimum absolute atomic E-state index is 0. The standard InChI is InChI=1S/C10H11N3O2.ClH/c11-6-5-9-12-13-10(15-9)7-3-1-2-4-8(7)14;/h1-4,14H,5-6,11H2;1H. The minimum atomic E-state index is 0. The van der Waals surface area contributed by atoms with Crippen molar-refractivity contribution in [3.05, 3.63) is 30.2 Å². The smallest absolute Gasteiger partial charge is 0.251 e. The van der Waals surface area contributed by atoms with Crippen LogP contribution in [0.2, 0.25) is 0 Å². The van der Waals surface area contributed by atoms with Crippen LogP contribution in [0.3, 0.4) is 0 Å². The summed E-state index contributed by atoms with van der Waals surface area (Å²) in [4.78, 5) is 0. The van der Waals surface area contributed by atoms with Gasteiger partial charge < -0.3 is 15.3 Å². The largest absolute Gasteiger partial charge is 0.507 e. The second kappa shape index (κ2) is 5.48. The fraction of sp³-hybridized carbons (Fsp3) is 0.200. The molecule has 3 N–H and O–H groups in total. The SMILES string of the molecule is Cl.NCCc1nnc(-c2ccccc2O)o1. The number of aromatic nitrogens is 2. The van der Waals surface area contributed by atoms with Crippen LogP contribution >= 0.6 is 12.4 Å². The Morgan fingerprint density at radius 2 is 2.00 bits per heavy atom. The molecule has 2 aromatic rings. The molecule has 2 rings (SSSR count). The van der Waals surface area contributed by atoms with Crippen molar-refractivity contribution in [3.63, 3.8) is 0 Å². The Bertz CT molecular complexity index is 459. The highest BCUT2D eigenvalue weighted by atomic mass is 35.5. The zero-order valence-electron chi connectivity index (χ0n) is 8.46. The summed E-state index contributed by atoms with van der Waals surface area (Å²) < 4.78 is 5.33. The van der Waals surface area contributed by atoms with E-state index in [2.05, 4.69) is 10.2 Å². The van der Waals surface area contributed by atoms with Gasteiger partial charge in [-0.25, -0.2) is 0 Å². The molecule has 0 fully saturated rings. The zero-order valence-corrected chi connectivity index (χ0v) is 9.28. The van der Waals surface area contributed by atoms with E-state index >= 15 is 0 Å². The van der Waals surface area contributed by atoms with Gasteiger partial charge in [-0.3, -0.25) is 0 Å². The normalized spacial score (nSPS) is 9.81. The van der Waals surface area contributed by atoms with E-state index in [9.17, 15) is 5.11 Å². The van der Waals surface area contributed by atoms with Gasteiger partial charge in [0.15, 0.2) is 0 Å². The van der Waals surface area contributed by atoms with Gasteiger partial charge in [-0.2, -0.15) is 0 Å². The van der Waals surface area contributed by atoms with E-state index in [1.54, 1.807) is 24.3 Å². The molecule has 5 nitrogen and oxygen atoms in total. The van der Waals surface area contributed by atoms with Crippen LogP contribution in [0.4, 0.5) is 0 Å². The molecule has 0 radical (unpaired) electrons. The number of aromatic hydroxyl groups is 1. The maximum atomic E-state index is 9.55. The van der Waals surface area contributed by atoms with Crippen LogP contribution in [-0.2, 0) is 6.42 Å². The fourth-order valence-electron chi connectivity index (χ4n) is 1.24. The summed E-state index contributed by atoms with van der Waals surface area (Å²) in [6.45, 7) is 0.461. The maximum absolute atomic E-state index is 9.55. The number of para-hydroxylation sites is 1. The molecule has 6 heteroatoms. The molecule has 1 aromatic heterocycles. The van der Waals surface area contributed by atoms with E-state index in [0.717, 1.165) is 0 Å². The lowest BCUT2D eigenvalue weighted by molar-refractivity contribution is 0.468. The van der Waals surface area contributed by atoms with Crippen LogP contribution in [-0.4, -0.2) is 21.8 Å². The molecule has 0 aliphatic rings. The van der Waals surface area contributed by atoms with Crippen molar-refractivity contribution in [2.75, 3.05) is 6.54 Å². The average Bonchev–Trinajstić information content (AvgIpc) is 2.68. The highest BCUT2D eigenvalue weighted by Crippen LogP contribution is 2.27. The summed E-state index contributed by atoms with van der Waals surface area (Å²) in [6, 6.07) is 6.81. The van der Waals surface area contributed by atoms with Crippen molar-refractivity contribution in [3.8, 4) is 17.2 Å². The molecule has 0 saturated carbocycles. The van der Waals surface area contributed by atoms with E-state index in [1.165, 1.54) is 0 Å². The van der Waals surface area contributed by atoms with E-state index in [-0.39, 0.29) is 18.2 Å². The topological polar surface area (TPSA) is 85.2 Å². The first-order valence-corrected chi connectivity index (χ1v) is 4.62. The summed E-state index contributed by atoms with van der Waals surface area (Å²) in [5.74, 6) is 0.924. The van der Waals surface area contributed by atoms with Crippen LogP contribution in [0.25, 0.3) is 11.5 Å². The number of hydrogen-bond acceptors (Lipinski definition) is 5. The molecular weight excluding hydrogens is 230 g/mol. The number of phenols is 1. The molecule has 0 amide bonds. The van der Waals surface area contributed by atoms with Crippen molar-refractivity contribution in [2.24, 2.45) is 5.73 Å². The van der Waals surface area contributed by atoms with Gasteiger partial charge in [0.25, 0.3) is 5.89 Å². The van der Waals surface area contributed by atoms with Gasteiger partial charge in [0.1, 0.15) is 5.75 Å². The molecule has 1 aromatic carbocycles. The number of rotatable bonds is 3. The summed E-state index contributed by atoms with van der Waals surface area (Å²) in [7, 11) is 0. The lowest BCUT2D eigenvalue weighted by atomic mass is 10.2. The van der Waals surface area contributed by atoms with Crippen LogP contribution < -0.4 is 5.73 Å². The third-order valence-electron chi connectivity index (χ3n) is 1.96. The number of halogens is 1. The van der Waals surface area contributed by atoms with Gasteiger partial charge in [-0.05, 0) is 12.1 Å². The van der Waals surface area contributed by atoms with Gasteiger partial charge in [0.05, 0.1) is 5.56 Å². The lowest BCUT2D eigenvalue weighted by Gasteiger charge is -1.97. The fourth-order valence-corrected chi connectivity index (χ4v) is 1.24. The Balaban J connectivity index is 0.00000128. The Hall–Kier alpha value is -1.59. The predicted molar refractivity (Wildman–Crippen MR) is 61.4 cm³/mol. The molecule has 0 atom stereocenters. The van der Waals surface area contributed by atoms with E-state index in [1.807, 2.05) is 0 Å². The van der Waals surface area contributed by atoms with Gasteiger partial charge in [0.2, 0.25) is 5.89 Å². The first-order chi connectivity index (χ1) is 7.31. The first-order valence-electron chi connectivity index (χ1n) is 4.62. The monoisotopic (exact) mass is 241 g/mol. The van der Waals surface area contributed by atoms with Crippen LogP contribution in [0.5, 0.6) is 5.75 Å². The summed E-state index contributed by atoms with van der Waals surface area (Å²) >= 11 is 0. The summed E-state index contributed by atoms with van der Waals surface area (Å²) in [5.41, 5.74) is 5.90. The quantitative estimate of drug-likeness (QED) is 0.848. The van der Waals surface area contributed by atoms with Gasteiger partial charge in [-0.1, -0.05) is 12.1 Å². The van der Waals surface area contributed by atoms with Crippen molar-refractivity contribution >= 4 is 12.4 Å². The van der Waals surface area contributed by atoms with E-state index < -0.39 is 0 Å². The van der Waals surface area contributed by atoms with Crippen molar-refractivity contribution in [2.45, 2.75) is 6.42 Å². The number of hydrogen-bond donors (Lipinski definition) is 2. The Morgan fingerprint density at radius 3 is 2.69 bits per heavy atom. The van der Waals surface area contributed by atoms with Crippen LogP contribution in [0, 0.1) is 0 Å². The highest BCUT2D eigenvalue weighted by Gasteiger charge is 2.10. The Kier molecular flexibility index (Phi) is 4.28. The number of nitrogens with two attached hydrogens (primary N) is 1. The number of benzene rings is 1. The van der Waals surface area contributed by atoms with Gasteiger partial charge in [0, 0.05) is 13.0 Å². The number of phenolic OH excluding ortho intramolecular Hbond substituents is 1. The maximum Gasteiger partial charge on any atom is 0.251 e. The van der Waals surface area contributed by atoms with E-state index in [0.29, 0.717) is 30.3 Å². The third kappa shape index (κ3) is 2.50. The molecule has 0 aliphatic carbocycles.